The van der Waals surface area contributed by atoms with E-state index in [-0.39, 0.29) is 37.6 Å². The number of hydrogen-bond acceptors (Lipinski definition) is 2. The van der Waals surface area contributed by atoms with Gasteiger partial charge in [-0.2, -0.15) is 0 Å². The Labute approximate surface area is 215 Å². The fraction of sp³-hybridized carbons (Fsp3) is 0.333. The van der Waals surface area contributed by atoms with E-state index < -0.39 is 6.04 Å². The van der Waals surface area contributed by atoms with Crippen LogP contribution in [-0.4, -0.2) is 43.8 Å². The summed E-state index contributed by atoms with van der Waals surface area (Å²) < 4.78 is 1.23. The van der Waals surface area contributed by atoms with E-state index in [9.17, 15) is 9.59 Å². The number of carbonyl (C=O) groups is 2. The van der Waals surface area contributed by atoms with Crippen LogP contribution in [0.25, 0.3) is 0 Å². The molecule has 0 spiro atoms. The first kappa shape index (κ1) is 25.2. The van der Waals surface area contributed by atoms with Gasteiger partial charge >= 0.3 is 216 Å². The molecule has 182 valence electrons. The first-order valence-corrected chi connectivity index (χ1v) is 14.4. The van der Waals surface area contributed by atoms with Gasteiger partial charge in [0.15, 0.2) is 0 Å². The Kier molecular flexibility index (Phi) is 9.16. The molecule has 5 heteroatoms. The molecule has 4 rings (SSSR count). The summed E-state index contributed by atoms with van der Waals surface area (Å²) in [5.74, 6) is -0.128. The van der Waals surface area contributed by atoms with Gasteiger partial charge in [0.2, 0.25) is 0 Å². The molecular formula is C30H34N2O2Se. The van der Waals surface area contributed by atoms with Crippen LogP contribution in [-0.2, 0) is 11.3 Å². The van der Waals surface area contributed by atoms with Gasteiger partial charge in [-0.1, -0.05) is 0 Å². The zero-order valence-corrected chi connectivity index (χ0v) is 22.0. The fourth-order valence-corrected chi connectivity index (χ4v) is 7.14. The van der Waals surface area contributed by atoms with Crippen LogP contribution < -0.4 is 9.78 Å². The van der Waals surface area contributed by atoms with Crippen LogP contribution in [0.15, 0.2) is 91.0 Å². The second kappa shape index (κ2) is 12.7. The number of benzene rings is 3. The summed E-state index contributed by atoms with van der Waals surface area (Å²) in [4.78, 5) is 29.6. The maximum absolute atomic E-state index is 13.9. The molecule has 0 saturated heterocycles. The summed E-state index contributed by atoms with van der Waals surface area (Å²) >= 11 is 0.0295. The van der Waals surface area contributed by atoms with Gasteiger partial charge in [0.05, 0.1) is 0 Å². The second-order valence-electron chi connectivity index (χ2n) is 9.21. The molecule has 1 fully saturated rings. The van der Waals surface area contributed by atoms with E-state index >= 15 is 0 Å². The molecule has 0 heterocycles. The quantitative estimate of drug-likeness (QED) is 0.395. The van der Waals surface area contributed by atoms with E-state index in [1.54, 1.807) is 4.90 Å². The Hall–Kier alpha value is -2.88. The van der Waals surface area contributed by atoms with E-state index in [1.807, 2.05) is 78.9 Å². The molecule has 3 aromatic rings. The van der Waals surface area contributed by atoms with Gasteiger partial charge in [0, 0.05) is 0 Å². The van der Waals surface area contributed by atoms with Crippen LogP contribution in [0, 0.1) is 0 Å². The number of carbonyl (C=O) groups excluding carboxylic acids is 2. The minimum absolute atomic E-state index is 0.00450. The van der Waals surface area contributed by atoms with Crippen molar-refractivity contribution in [2.45, 2.75) is 62.5 Å². The van der Waals surface area contributed by atoms with Crippen molar-refractivity contribution in [3.63, 3.8) is 0 Å². The zero-order valence-electron chi connectivity index (χ0n) is 20.3. The molecule has 35 heavy (non-hydrogen) atoms. The van der Waals surface area contributed by atoms with Crippen LogP contribution in [0.2, 0.25) is 4.82 Å². The summed E-state index contributed by atoms with van der Waals surface area (Å²) in [6.07, 6.45) is 5.56. The number of amides is 2. The molecule has 0 aliphatic heterocycles. The van der Waals surface area contributed by atoms with E-state index in [2.05, 4.69) is 24.4 Å². The third-order valence-electron chi connectivity index (χ3n) is 6.54. The Morgan fingerprint density at radius 1 is 0.857 bits per heavy atom. The van der Waals surface area contributed by atoms with Gasteiger partial charge in [-0.25, -0.2) is 0 Å². The average Bonchev–Trinajstić information content (AvgIpc) is 2.90. The van der Waals surface area contributed by atoms with Crippen molar-refractivity contribution in [2.24, 2.45) is 0 Å². The number of nitrogens with zero attached hydrogens (tertiary/aromatic N) is 1. The monoisotopic (exact) mass is 534 g/mol. The maximum atomic E-state index is 13.9. The van der Waals surface area contributed by atoms with E-state index in [4.69, 9.17) is 0 Å². The van der Waals surface area contributed by atoms with Gasteiger partial charge in [-0.05, 0) is 0 Å². The third kappa shape index (κ3) is 7.06. The summed E-state index contributed by atoms with van der Waals surface area (Å²) in [6, 6.07) is 29.3. The SMILES string of the molecule is C[C@H]([Se]c1ccccc1)C(C(=O)NC1CCCCC1)N(Cc1ccccc1)C(=O)c1ccccc1. The zero-order chi connectivity index (χ0) is 24.5. The topological polar surface area (TPSA) is 49.4 Å². The fourth-order valence-electron chi connectivity index (χ4n) is 4.74. The standard InChI is InChI=1S/C30H34N2O2Se/c1-23(35-27-20-12-5-13-21-27)28(29(33)31-26-18-10-4-11-19-26)32(22-24-14-6-2-7-15-24)30(34)25-16-8-3-9-17-25/h2-3,5-9,12-17,20-21,23,26,28H,4,10-11,18-19,22H2,1H3,(H,31,33)/t23-,28?/m0/s1. The van der Waals surface area contributed by atoms with E-state index in [1.165, 1.54) is 10.9 Å². The molecule has 1 aliphatic carbocycles. The molecule has 1 N–H and O–H groups in total. The molecule has 3 aromatic carbocycles. The predicted octanol–water partition coefficient (Wildman–Crippen LogP) is 4.98. The Morgan fingerprint density at radius 3 is 2.06 bits per heavy atom. The van der Waals surface area contributed by atoms with Gasteiger partial charge in [-0.15, -0.1) is 0 Å². The van der Waals surface area contributed by atoms with E-state index in [0.29, 0.717) is 12.1 Å². The Balaban J connectivity index is 1.68. The van der Waals surface area contributed by atoms with Crippen LogP contribution in [0.1, 0.15) is 54.9 Å². The number of hydrogen-bond donors (Lipinski definition) is 1. The van der Waals surface area contributed by atoms with Gasteiger partial charge < -0.3 is 0 Å². The summed E-state index contributed by atoms with van der Waals surface area (Å²) in [6.45, 7) is 2.51. The van der Waals surface area contributed by atoms with Crippen LogP contribution in [0.3, 0.4) is 0 Å². The average molecular weight is 534 g/mol. The van der Waals surface area contributed by atoms with E-state index in [0.717, 1.165) is 31.2 Å². The van der Waals surface area contributed by atoms with Crippen LogP contribution in [0.5, 0.6) is 0 Å². The van der Waals surface area contributed by atoms with Crippen molar-refractivity contribution in [3.8, 4) is 0 Å². The van der Waals surface area contributed by atoms with Crippen LogP contribution >= 0.6 is 0 Å². The first-order valence-electron chi connectivity index (χ1n) is 12.5. The number of nitrogens with one attached hydrogen (secondary N) is 1. The third-order valence-corrected chi connectivity index (χ3v) is 9.01. The van der Waals surface area contributed by atoms with Gasteiger partial charge in [0.1, 0.15) is 0 Å². The molecule has 2 atom stereocenters. The van der Waals surface area contributed by atoms with Crippen molar-refractivity contribution in [1.82, 2.24) is 10.2 Å². The summed E-state index contributed by atoms with van der Waals surface area (Å²) in [5.41, 5.74) is 1.63. The molecule has 1 aliphatic rings. The van der Waals surface area contributed by atoms with Crippen molar-refractivity contribution in [2.75, 3.05) is 0 Å². The molecule has 1 unspecified atom stereocenters. The first-order chi connectivity index (χ1) is 17.1. The van der Waals surface area contributed by atoms with Gasteiger partial charge in [0.25, 0.3) is 0 Å². The van der Waals surface area contributed by atoms with Crippen molar-refractivity contribution in [3.05, 3.63) is 102 Å². The molecule has 1 saturated carbocycles. The van der Waals surface area contributed by atoms with Crippen LogP contribution in [0.4, 0.5) is 0 Å². The summed E-state index contributed by atoms with van der Waals surface area (Å²) in [7, 11) is 0. The number of rotatable bonds is 9. The molecule has 0 radical (unpaired) electrons. The Morgan fingerprint density at radius 2 is 1.43 bits per heavy atom. The normalized spacial score (nSPS) is 15.7. The Bertz CT molecular complexity index is 1070. The molecular weight excluding hydrogens is 499 g/mol. The van der Waals surface area contributed by atoms with Crippen molar-refractivity contribution >= 4 is 31.2 Å². The van der Waals surface area contributed by atoms with Gasteiger partial charge in [-0.3, -0.25) is 0 Å². The predicted molar refractivity (Wildman–Crippen MR) is 143 cm³/mol. The summed E-state index contributed by atoms with van der Waals surface area (Å²) in [5, 5.41) is 3.34. The molecule has 4 nitrogen and oxygen atoms in total. The van der Waals surface area contributed by atoms with Crippen molar-refractivity contribution in [1.29, 1.82) is 0 Å². The molecule has 0 aromatic heterocycles. The molecule has 0 bridgehead atoms. The minimum atomic E-state index is -0.551. The van der Waals surface area contributed by atoms with Crippen molar-refractivity contribution < 1.29 is 9.59 Å². The second-order valence-corrected chi connectivity index (χ2v) is 12.3. The molecule has 2 amide bonds.